The number of imide groups is 2. The zero-order valence-corrected chi connectivity index (χ0v) is 21.6. The Morgan fingerprint density at radius 3 is 1.77 bits per heavy atom. The molecule has 3 aliphatic rings. The Hall–Kier alpha value is -2.45. The second kappa shape index (κ2) is 10.3. The van der Waals surface area contributed by atoms with E-state index in [0.717, 1.165) is 49.1 Å². The van der Waals surface area contributed by atoms with E-state index in [9.17, 15) is 19.2 Å². The summed E-state index contributed by atoms with van der Waals surface area (Å²) in [6, 6.07) is 7.89. The molecule has 0 aliphatic carbocycles. The molecule has 35 heavy (non-hydrogen) atoms. The third kappa shape index (κ3) is 4.83. The van der Waals surface area contributed by atoms with Crippen LogP contribution in [0.5, 0.6) is 0 Å². The highest BCUT2D eigenvalue weighted by Crippen LogP contribution is 2.47. The van der Waals surface area contributed by atoms with Gasteiger partial charge in [-0.15, -0.1) is 0 Å². The largest absolute Gasteiger partial charge is 0.369 e. The van der Waals surface area contributed by atoms with Crippen LogP contribution in [-0.4, -0.2) is 84.1 Å². The smallest absolute Gasteiger partial charge is 0.242 e. The van der Waals surface area contributed by atoms with Gasteiger partial charge in [-0.3, -0.25) is 33.9 Å². The first-order valence-corrected chi connectivity index (χ1v) is 13.0. The number of nitrogens with zero attached hydrogens (tertiary/aromatic N) is 4. The third-order valence-corrected chi connectivity index (χ3v) is 7.91. The molecular weight excluding hydrogens is 468 g/mol. The molecule has 3 aliphatic heterocycles. The number of carbonyl (C=O) groups is 4. The van der Waals surface area contributed by atoms with Gasteiger partial charge in [0.15, 0.2) is 0 Å². The van der Waals surface area contributed by atoms with Crippen LogP contribution in [0, 0.1) is 17.3 Å². The summed E-state index contributed by atoms with van der Waals surface area (Å²) in [5, 5.41) is 0.734. The fourth-order valence-electron chi connectivity index (χ4n) is 5.64. The number of piperidine rings is 2. The molecular formula is C26H35ClN4O4. The van der Waals surface area contributed by atoms with Gasteiger partial charge in [0.25, 0.3) is 0 Å². The number of likely N-dealkylation sites (tertiary alicyclic amines) is 2. The normalized spacial score (nSPS) is 25.0. The molecule has 8 nitrogen and oxygen atoms in total. The minimum absolute atomic E-state index is 0.243. The molecule has 0 aromatic heterocycles. The summed E-state index contributed by atoms with van der Waals surface area (Å²) in [5.74, 6) is -3.78. The maximum atomic E-state index is 13.2. The number of hydrogen-bond acceptors (Lipinski definition) is 6. The summed E-state index contributed by atoms with van der Waals surface area (Å²) in [4.78, 5) is 59.6. The fourth-order valence-corrected chi connectivity index (χ4v) is 5.77. The number of amides is 4. The van der Waals surface area contributed by atoms with Gasteiger partial charge in [0.2, 0.25) is 23.6 Å². The minimum Gasteiger partial charge on any atom is -0.369 e. The van der Waals surface area contributed by atoms with Crippen LogP contribution >= 0.6 is 11.6 Å². The lowest BCUT2D eigenvalue weighted by Crippen LogP contribution is -2.70. The zero-order chi connectivity index (χ0) is 25.3. The summed E-state index contributed by atoms with van der Waals surface area (Å²) < 4.78 is 0. The van der Waals surface area contributed by atoms with Crippen molar-refractivity contribution in [2.24, 2.45) is 17.3 Å². The number of hydrogen-bond donors (Lipinski definition) is 0. The van der Waals surface area contributed by atoms with Crippen LogP contribution in [0.4, 0.5) is 5.69 Å². The second-order valence-corrected chi connectivity index (χ2v) is 10.8. The SMILES string of the molecule is CCCN1C(=O)C2C(=O)N(CCCCN3CCN(c4ccc(Cl)cc4)CC3)C(=O)C(C1=O)C2(C)C. The van der Waals surface area contributed by atoms with Gasteiger partial charge in [0.1, 0.15) is 11.8 Å². The van der Waals surface area contributed by atoms with Crippen molar-refractivity contribution in [3.8, 4) is 0 Å². The predicted octanol–water partition coefficient (Wildman–Crippen LogP) is 2.65. The number of fused-ring (bicyclic) bond motifs is 2. The van der Waals surface area contributed by atoms with E-state index < -0.39 is 40.9 Å². The number of piperazine rings is 1. The Balaban J connectivity index is 1.29. The molecule has 0 N–H and O–H groups in total. The second-order valence-electron chi connectivity index (χ2n) is 10.4. The first kappa shape index (κ1) is 25.6. The maximum absolute atomic E-state index is 13.2. The van der Waals surface area contributed by atoms with Crippen molar-refractivity contribution in [3.05, 3.63) is 29.3 Å². The van der Waals surface area contributed by atoms with E-state index in [1.165, 1.54) is 10.6 Å². The lowest BCUT2D eigenvalue weighted by molar-refractivity contribution is -0.184. The Labute approximate surface area is 212 Å². The van der Waals surface area contributed by atoms with Crippen molar-refractivity contribution in [2.75, 3.05) is 50.7 Å². The van der Waals surface area contributed by atoms with E-state index in [4.69, 9.17) is 11.6 Å². The molecule has 2 bridgehead atoms. The fraction of sp³-hybridized carbons (Fsp3) is 0.615. The van der Waals surface area contributed by atoms with Gasteiger partial charge in [0, 0.05) is 55.4 Å². The van der Waals surface area contributed by atoms with Gasteiger partial charge in [0.05, 0.1) is 0 Å². The molecule has 190 valence electrons. The zero-order valence-electron chi connectivity index (χ0n) is 20.8. The van der Waals surface area contributed by atoms with Crippen molar-refractivity contribution < 1.29 is 19.2 Å². The standard InChI is InChI=1S/C26H35ClN4O4/c1-4-11-30-22(32)20-24(34)31(25(35)21(23(30)33)26(20,2)3)13-6-5-12-28-14-16-29(17-15-28)19-9-7-18(27)8-10-19/h7-10,20-21H,4-6,11-17H2,1-3H3. The van der Waals surface area contributed by atoms with Crippen LogP contribution in [0.3, 0.4) is 0 Å². The van der Waals surface area contributed by atoms with Crippen molar-refractivity contribution >= 4 is 40.9 Å². The number of unbranched alkanes of at least 4 members (excludes halogenated alkanes) is 1. The van der Waals surface area contributed by atoms with Gasteiger partial charge >= 0.3 is 0 Å². The van der Waals surface area contributed by atoms with Gasteiger partial charge in [-0.05, 0) is 50.1 Å². The summed E-state index contributed by atoms with van der Waals surface area (Å²) >= 11 is 5.99. The summed E-state index contributed by atoms with van der Waals surface area (Å²) in [5.41, 5.74) is 0.179. The average Bonchev–Trinajstić information content (AvgIpc) is 2.81. The highest BCUT2D eigenvalue weighted by atomic mass is 35.5. The van der Waals surface area contributed by atoms with Crippen molar-refractivity contribution in [1.82, 2.24) is 14.7 Å². The predicted molar refractivity (Wildman–Crippen MR) is 134 cm³/mol. The average molecular weight is 503 g/mol. The summed E-state index contributed by atoms with van der Waals surface area (Å²) in [7, 11) is 0. The highest BCUT2D eigenvalue weighted by molar-refractivity contribution is 6.30. The Bertz CT molecular complexity index is 950. The number of benzene rings is 1. The molecule has 0 radical (unpaired) electrons. The topological polar surface area (TPSA) is 81.2 Å². The van der Waals surface area contributed by atoms with E-state index in [1.54, 1.807) is 13.8 Å². The lowest BCUT2D eigenvalue weighted by atomic mass is 9.62. The number of anilines is 1. The molecule has 3 saturated heterocycles. The maximum Gasteiger partial charge on any atom is 0.242 e. The van der Waals surface area contributed by atoms with Crippen molar-refractivity contribution in [1.29, 1.82) is 0 Å². The quantitative estimate of drug-likeness (QED) is 0.309. The van der Waals surface area contributed by atoms with E-state index in [1.807, 2.05) is 31.2 Å². The molecule has 9 heteroatoms. The van der Waals surface area contributed by atoms with Crippen LogP contribution in [0.25, 0.3) is 0 Å². The molecule has 0 saturated carbocycles. The van der Waals surface area contributed by atoms with Gasteiger partial charge in [-0.25, -0.2) is 0 Å². The molecule has 4 rings (SSSR count). The lowest BCUT2D eigenvalue weighted by Gasteiger charge is -2.51. The van der Waals surface area contributed by atoms with Crippen LogP contribution in [0.1, 0.15) is 40.0 Å². The van der Waals surface area contributed by atoms with Crippen LogP contribution in [-0.2, 0) is 19.2 Å². The minimum atomic E-state index is -0.993. The number of carbonyl (C=O) groups excluding carboxylic acids is 4. The molecule has 3 heterocycles. The molecule has 1 aromatic rings. The van der Waals surface area contributed by atoms with Crippen molar-refractivity contribution in [3.63, 3.8) is 0 Å². The van der Waals surface area contributed by atoms with Gasteiger partial charge < -0.3 is 4.90 Å². The Morgan fingerprint density at radius 1 is 0.771 bits per heavy atom. The first-order chi connectivity index (χ1) is 16.7. The van der Waals surface area contributed by atoms with Gasteiger partial charge in [-0.2, -0.15) is 0 Å². The molecule has 3 fully saturated rings. The molecule has 0 spiro atoms. The molecule has 2 unspecified atom stereocenters. The number of rotatable bonds is 8. The summed E-state index contributed by atoms with van der Waals surface area (Å²) in [6.45, 7) is 10.4. The molecule has 4 amide bonds. The van der Waals surface area contributed by atoms with Crippen LogP contribution in [0.2, 0.25) is 5.02 Å². The Kier molecular flexibility index (Phi) is 7.52. The van der Waals surface area contributed by atoms with E-state index in [2.05, 4.69) is 9.80 Å². The molecule has 1 aromatic carbocycles. The number of halogens is 1. The van der Waals surface area contributed by atoms with Crippen molar-refractivity contribution in [2.45, 2.75) is 40.0 Å². The summed E-state index contributed by atoms with van der Waals surface area (Å²) in [6.07, 6.45) is 2.08. The van der Waals surface area contributed by atoms with E-state index >= 15 is 0 Å². The van der Waals surface area contributed by atoms with Crippen LogP contribution in [0.15, 0.2) is 24.3 Å². The van der Waals surface area contributed by atoms with E-state index in [0.29, 0.717) is 12.8 Å². The third-order valence-electron chi connectivity index (χ3n) is 7.66. The first-order valence-electron chi connectivity index (χ1n) is 12.6. The Morgan fingerprint density at radius 2 is 1.26 bits per heavy atom. The highest BCUT2D eigenvalue weighted by Gasteiger charge is 2.64. The monoisotopic (exact) mass is 502 g/mol. The molecule has 2 atom stereocenters. The van der Waals surface area contributed by atoms with Crippen LogP contribution < -0.4 is 4.90 Å². The van der Waals surface area contributed by atoms with E-state index in [-0.39, 0.29) is 13.1 Å². The van der Waals surface area contributed by atoms with Gasteiger partial charge in [-0.1, -0.05) is 32.4 Å².